The monoisotopic (exact) mass is 534 g/mol. The van der Waals surface area contributed by atoms with E-state index in [-0.39, 0.29) is 17.7 Å². The van der Waals surface area contributed by atoms with Crippen LogP contribution in [0.5, 0.6) is 0 Å². The van der Waals surface area contributed by atoms with Crippen LogP contribution in [0.3, 0.4) is 0 Å². The molecule has 5 rings (SSSR count). The standard InChI is InChI=1S/C24H22ClF3N6O3/c1-11-3-4-14(25)7-18(11)34-24(29-12(2)31-34)20-8-19(23(36)21(10-35)37-20)33-9-17(30-32-33)13-5-15(26)22(28)16(27)6-13/h3-7,9,19-21,23,35-36H,8,10H2,1-2H3/t19-,20-,21-,23-/m1/s1. The molecule has 3 heterocycles. The van der Waals surface area contributed by atoms with Crippen LogP contribution in [-0.4, -0.2) is 58.8 Å². The Hall–Kier alpha value is -3.32. The van der Waals surface area contributed by atoms with Gasteiger partial charge in [0.05, 0.1) is 24.5 Å². The van der Waals surface area contributed by atoms with Crippen molar-refractivity contribution in [3.8, 4) is 16.9 Å². The molecule has 1 saturated heterocycles. The highest BCUT2D eigenvalue weighted by atomic mass is 35.5. The number of aliphatic hydroxyl groups excluding tert-OH is 2. The van der Waals surface area contributed by atoms with E-state index in [0.29, 0.717) is 22.4 Å². The summed E-state index contributed by atoms with van der Waals surface area (Å²) < 4.78 is 49.8. The van der Waals surface area contributed by atoms with Crippen LogP contribution < -0.4 is 0 Å². The molecule has 1 fully saturated rings. The maximum atomic E-state index is 13.7. The summed E-state index contributed by atoms with van der Waals surface area (Å²) in [7, 11) is 0. The highest BCUT2D eigenvalue weighted by molar-refractivity contribution is 6.30. The predicted molar refractivity (Wildman–Crippen MR) is 126 cm³/mol. The largest absolute Gasteiger partial charge is 0.394 e. The molecule has 2 aromatic heterocycles. The van der Waals surface area contributed by atoms with Crippen LogP contribution >= 0.6 is 11.6 Å². The molecule has 1 aliphatic rings. The van der Waals surface area contributed by atoms with E-state index in [2.05, 4.69) is 20.4 Å². The van der Waals surface area contributed by atoms with Crippen molar-refractivity contribution in [2.75, 3.05) is 6.61 Å². The summed E-state index contributed by atoms with van der Waals surface area (Å²) in [6.07, 6.45) is -1.37. The van der Waals surface area contributed by atoms with Crippen LogP contribution in [0.2, 0.25) is 5.02 Å². The highest BCUT2D eigenvalue weighted by Gasteiger charge is 2.41. The second-order valence-electron chi connectivity index (χ2n) is 8.84. The average Bonchev–Trinajstić information content (AvgIpc) is 3.51. The number of halogens is 4. The lowest BCUT2D eigenvalue weighted by molar-refractivity contribution is -0.161. The molecule has 0 saturated carbocycles. The molecule has 194 valence electrons. The molecule has 13 heteroatoms. The SMILES string of the molecule is Cc1nc([C@H]2C[C@@H](n3cc(-c4cc(F)c(F)c(F)c4)nn3)[C@@H](O)[C@@H](CO)O2)n(-c2cc(Cl)ccc2C)n1. The lowest BCUT2D eigenvalue weighted by atomic mass is 9.95. The van der Waals surface area contributed by atoms with Crippen LogP contribution in [0.15, 0.2) is 36.5 Å². The zero-order valence-corrected chi connectivity index (χ0v) is 20.4. The zero-order chi connectivity index (χ0) is 26.4. The zero-order valence-electron chi connectivity index (χ0n) is 19.7. The minimum Gasteiger partial charge on any atom is -0.394 e. The minimum absolute atomic E-state index is 0.0220. The van der Waals surface area contributed by atoms with Gasteiger partial charge in [0.2, 0.25) is 0 Å². The highest BCUT2D eigenvalue weighted by Crippen LogP contribution is 2.38. The molecule has 0 spiro atoms. The molecule has 0 bridgehead atoms. The van der Waals surface area contributed by atoms with Crippen LogP contribution in [0.25, 0.3) is 16.9 Å². The quantitative estimate of drug-likeness (QED) is 0.376. The molecule has 2 N–H and O–H groups in total. The third kappa shape index (κ3) is 4.73. The Morgan fingerprint density at radius 2 is 1.86 bits per heavy atom. The molecule has 4 aromatic rings. The third-order valence-corrected chi connectivity index (χ3v) is 6.54. The predicted octanol–water partition coefficient (Wildman–Crippen LogP) is 3.64. The fraction of sp³-hybridized carbons (Fsp3) is 0.333. The summed E-state index contributed by atoms with van der Waals surface area (Å²) in [6.45, 7) is 3.13. The van der Waals surface area contributed by atoms with E-state index in [1.165, 1.54) is 10.9 Å². The molecule has 37 heavy (non-hydrogen) atoms. The van der Waals surface area contributed by atoms with Crippen LogP contribution in [-0.2, 0) is 4.74 Å². The number of aliphatic hydroxyl groups is 2. The lowest BCUT2D eigenvalue weighted by Gasteiger charge is -2.38. The number of hydrogen-bond acceptors (Lipinski definition) is 7. The average molecular weight is 535 g/mol. The Labute approximate surface area is 214 Å². The second-order valence-corrected chi connectivity index (χ2v) is 9.27. The van der Waals surface area contributed by atoms with Gasteiger partial charge in [0.15, 0.2) is 23.3 Å². The molecule has 0 radical (unpaired) electrons. The van der Waals surface area contributed by atoms with Gasteiger partial charge in [-0.3, -0.25) is 0 Å². The van der Waals surface area contributed by atoms with E-state index in [1.54, 1.807) is 23.7 Å². The lowest BCUT2D eigenvalue weighted by Crippen LogP contribution is -2.45. The summed E-state index contributed by atoms with van der Waals surface area (Å²) in [5.74, 6) is -3.39. The Balaban J connectivity index is 1.51. The van der Waals surface area contributed by atoms with Crippen LogP contribution in [0.4, 0.5) is 13.2 Å². The van der Waals surface area contributed by atoms with Crippen molar-refractivity contribution >= 4 is 11.6 Å². The van der Waals surface area contributed by atoms with Crippen molar-refractivity contribution in [2.24, 2.45) is 0 Å². The summed E-state index contributed by atoms with van der Waals surface area (Å²) >= 11 is 6.22. The Kier molecular flexibility index (Phi) is 6.75. The van der Waals surface area contributed by atoms with Crippen LogP contribution in [0.1, 0.15) is 35.8 Å². The smallest absolute Gasteiger partial charge is 0.194 e. The number of nitrogens with zero attached hydrogens (tertiary/aromatic N) is 6. The summed E-state index contributed by atoms with van der Waals surface area (Å²) in [5, 5.41) is 33.8. The van der Waals surface area contributed by atoms with Gasteiger partial charge in [-0.25, -0.2) is 27.5 Å². The van der Waals surface area contributed by atoms with Gasteiger partial charge in [0.1, 0.15) is 29.8 Å². The first kappa shape index (κ1) is 25.3. The van der Waals surface area contributed by atoms with E-state index in [0.717, 1.165) is 17.7 Å². The minimum atomic E-state index is -1.58. The number of rotatable bonds is 5. The fourth-order valence-electron chi connectivity index (χ4n) is 4.44. The number of aromatic nitrogens is 6. The summed E-state index contributed by atoms with van der Waals surface area (Å²) in [5.41, 5.74) is 1.63. The van der Waals surface area contributed by atoms with Gasteiger partial charge in [-0.1, -0.05) is 22.9 Å². The van der Waals surface area contributed by atoms with Gasteiger partial charge in [0.25, 0.3) is 0 Å². The van der Waals surface area contributed by atoms with Crippen molar-refractivity contribution in [3.63, 3.8) is 0 Å². The van der Waals surface area contributed by atoms with Gasteiger partial charge in [0, 0.05) is 17.0 Å². The number of ether oxygens (including phenoxy) is 1. The van der Waals surface area contributed by atoms with Gasteiger partial charge in [-0.15, -0.1) is 5.10 Å². The van der Waals surface area contributed by atoms with E-state index in [4.69, 9.17) is 16.3 Å². The summed E-state index contributed by atoms with van der Waals surface area (Å²) in [6, 6.07) is 6.23. The first-order valence-corrected chi connectivity index (χ1v) is 11.7. The van der Waals surface area contributed by atoms with E-state index >= 15 is 0 Å². The van der Waals surface area contributed by atoms with E-state index in [1.807, 2.05) is 13.0 Å². The van der Waals surface area contributed by atoms with E-state index in [9.17, 15) is 23.4 Å². The summed E-state index contributed by atoms with van der Waals surface area (Å²) in [4.78, 5) is 4.54. The molecule has 2 aromatic carbocycles. The van der Waals surface area contributed by atoms with E-state index < -0.39 is 48.4 Å². The van der Waals surface area contributed by atoms with Gasteiger partial charge in [-0.2, -0.15) is 5.10 Å². The molecule has 0 unspecified atom stereocenters. The topological polar surface area (TPSA) is 111 Å². The molecule has 1 aliphatic heterocycles. The Morgan fingerprint density at radius 1 is 1.14 bits per heavy atom. The van der Waals surface area contributed by atoms with Crippen molar-refractivity contribution in [2.45, 2.75) is 44.6 Å². The first-order valence-electron chi connectivity index (χ1n) is 11.4. The second kappa shape index (κ2) is 9.86. The maximum Gasteiger partial charge on any atom is 0.194 e. The normalized spacial score (nSPS) is 21.9. The molecular formula is C24H22ClF3N6O3. The molecule has 0 aliphatic carbocycles. The Bertz CT molecular complexity index is 1440. The van der Waals surface area contributed by atoms with Crippen molar-refractivity contribution in [3.05, 3.63) is 76.2 Å². The van der Waals surface area contributed by atoms with Gasteiger partial charge >= 0.3 is 0 Å². The molecule has 9 nitrogen and oxygen atoms in total. The first-order chi connectivity index (χ1) is 17.7. The number of aryl methyl sites for hydroxylation is 2. The number of hydrogen-bond donors (Lipinski definition) is 2. The third-order valence-electron chi connectivity index (χ3n) is 6.30. The fourth-order valence-corrected chi connectivity index (χ4v) is 4.60. The maximum absolute atomic E-state index is 13.7. The van der Waals surface area contributed by atoms with Crippen molar-refractivity contribution in [1.29, 1.82) is 0 Å². The molecule has 0 amide bonds. The number of benzene rings is 2. The van der Waals surface area contributed by atoms with Gasteiger partial charge < -0.3 is 14.9 Å². The molecule has 4 atom stereocenters. The van der Waals surface area contributed by atoms with Crippen LogP contribution in [0, 0.1) is 31.3 Å². The van der Waals surface area contributed by atoms with Gasteiger partial charge in [-0.05, 0) is 43.7 Å². The molecular weight excluding hydrogens is 513 g/mol. The Morgan fingerprint density at radius 3 is 2.57 bits per heavy atom. The van der Waals surface area contributed by atoms with Crippen molar-refractivity contribution < 1.29 is 28.1 Å². The van der Waals surface area contributed by atoms with Crippen molar-refractivity contribution in [1.82, 2.24) is 29.8 Å².